The molecule has 0 bridgehead atoms. The zero-order valence-corrected chi connectivity index (χ0v) is 19.1. The molecular weight excluding hydrogens is 467 g/mol. The van der Waals surface area contributed by atoms with Gasteiger partial charge in [-0.15, -0.1) is 11.3 Å². The molecule has 2 unspecified atom stereocenters. The van der Waals surface area contributed by atoms with Crippen LogP contribution >= 0.6 is 34.5 Å². The third-order valence-corrected chi connectivity index (χ3v) is 9.29. The molecule has 2 fully saturated rings. The van der Waals surface area contributed by atoms with Crippen molar-refractivity contribution >= 4 is 50.5 Å². The van der Waals surface area contributed by atoms with Gasteiger partial charge in [0.05, 0.1) is 22.3 Å². The Morgan fingerprint density at radius 3 is 2.43 bits per heavy atom. The highest BCUT2D eigenvalue weighted by Gasteiger charge is 2.35. The lowest BCUT2D eigenvalue weighted by Crippen LogP contribution is -2.49. The fourth-order valence-corrected chi connectivity index (χ4v) is 7.18. The number of hydrogen-bond acceptors (Lipinski definition) is 6. The van der Waals surface area contributed by atoms with Gasteiger partial charge >= 0.3 is 0 Å². The van der Waals surface area contributed by atoms with Crippen molar-refractivity contribution in [3.05, 3.63) is 50.6 Å². The van der Waals surface area contributed by atoms with E-state index < -0.39 is 10.0 Å². The van der Waals surface area contributed by atoms with E-state index in [1.165, 1.54) is 21.3 Å². The van der Waals surface area contributed by atoms with Gasteiger partial charge in [0.2, 0.25) is 15.9 Å². The van der Waals surface area contributed by atoms with E-state index in [9.17, 15) is 13.2 Å². The molecule has 2 aliphatic rings. The summed E-state index contributed by atoms with van der Waals surface area (Å²) in [5, 5.41) is 5.25. The zero-order chi connectivity index (χ0) is 21.3. The van der Waals surface area contributed by atoms with Crippen LogP contribution in [0.25, 0.3) is 0 Å². The van der Waals surface area contributed by atoms with Crippen LogP contribution in [0.2, 0.25) is 10.0 Å². The number of nitrogens with zero attached hydrogens (tertiary/aromatic N) is 1. The monoisotopic (exact) mass is 488 g/mol. The average Bonchev–Trinajstić information content (AvgIpc) is 3.39. The molecule has 30 heavy (non-hydrogen) atoms. The van der Waals surface area contributed by atoms with Crippen LogP contribution in [0.3, 0.4) is 0 Å². The Hall–Kier alpha value is -1.20. The summed E-state index contributed by atoms with van der Waals surface area (Å²) in [6, 6.07) is 8.86. The highest BCUT2D eigenvalue weighted by molar-refractivity contribution is 7.89. The summed E-state index contributed by atoms with van der Waals surface area (Å²) < 4.78 is 27.3. The number of hydrazine groups is 1. The summed E-state index contributed by atoms with van der Waals surface area (Å²) in [6.45, 7) is 0.492. The molecule has 0 aliphatic carbocycles. The maximum absolute atomic E-state index is 13.0. The second-order valence-electron chi connectivity index (χ2n) is 7.38. The van der Waals surface area contributed by atoms with Crippen LogP contribution in [-0.4, -0.2) is 37.9 Å². The fourth-order valence-electron chi connectivity index (χ4n) is 3.83. The van der Waals surface area contributed by atoms with Gasteiger partial charge in [-0.25, -0.2) is 19.3 Å². The molecule has 11 heteroatoms. The fraction of sp³-hybridized carbons (Fsp3) is 0.421. The van der Waals surface area contributed by atoms with E-state index in [-0.39, 0.29) is 52.1 Å². The average molecular weight is 489 g/mol. The number of amides is 1. The molecule has 0 spiro atoms. The minimum atomic E-state index is -3.81. The molecule has 162 valence electrons. The number of hydrogen-bond donors (Lipinski definition) is 3. The summed E-state index contributed by atoms with van der Waals surface area (Å²) in [6.07, 6.45) is 1.49. The molecule has 3 heterocycles. The first-order valence-electron chi connectivity index (χ1n) is 9.65. The van der Waals surface area contributed by atoms with Crippen molar-refractivity contribution in [3.8, 4) is 0 Å². The number of benzene rings is 1. The summed E-state index contributed by atoms with van der Waals surface area (Å²) in [7, 11) is -3.81. The molecule has 3 N–H and O–H groups in total. The first-order chi connectivity index (χ1) is 14.4. The Kier molecular flexibility index (Phi) is 6.69. The van der Waals surface area contributed by atoms with Gasteiger partial charge < -0.3 is 5.32 Å². The van der Waals surface area contributed by atoms with E-state index in [2.05, 4.69) is 22.2 Å². The smallest absolute Gasteiger partial charge is 0.246 e. The van der Waals surface area contributed by atoms with Crippen LogP contribution in [-0.2, 0) is 14.8 Å². The van der Waals surface area contributed by atoms with E-state index >= 15 is 0 Å². The first kappa shape index (κ1) is 22.0. The van der Waals surface area contributed by atoms with E-state index in [1.54, 1.807) is 17.4 Å². The van der Waals surface area contributed by atoms with Crippen LogP contribution in [0.5, 0.6) is 0 Å². The Morgan fingerprint density at radius 2 is 1.80 bits per heavy atom. The van der Waals surface area contributed by atoms with Crippen molar-refractivity contribution < 1.29 is 13.2 Å². The Labute approximate surface area is 189 Å². The van der Waals surface area contributed by atoms with Gasteiger partial charge in [-0.2, -0.15) is 4.31 Å². The zero-order valence-electron chi connectivity index (χ0n) is 16.0. The standard InChI is InChI=1S/C19H22Cl2N4O3S2/c20-13-3-1-4-14(21)18(13)30(27,28)25-8-6-12(7-9-25)19(26)22-17-11-15(23-24-17)16-5-2-10-29-16/h1-5,10,12,15,17,23-24H,6-9,11H2,(H,22,26). The molecule has 2 aromatic rings. The summed E-state index contributed by atoms with van der Waals surface area (Å²) in [4.78, 5) is 13.8. The molecule has 2 saturated heterocycles. The number of thiophene rings is 1. The first-order valence-corrected chi connectivity index (χ1v) is 12.7. The van der Waals surface area contributed by atoms with Crippen LogP contribution in [0.1, 0.15) is 30.2 Å². The lowest BCUT2D eigenvalue weighted by Gasteiger charge is -2.31. The van der Waals surface area contributed by atoms with Crippen LogP contribution in [0, 0.1) is 5.92 Å². The van der Waals surface area contributed by atoms with Crippen molar-refractivity contribution in [2.45, 2.75) is 36.4 Å². The summed E-state index contributed by atoms with van der Waals surface area (Å²) in [5.41, 5.74) is 6.33. The van der Waals surface area contributed by atoms with Gasteiger partial charge in [-0.3, -0.25) is 4.79 Å². The van der Waals surface area contributed by atoms with E-state index in [4.69, 9.17) is 23.2 Å². The Bertz CT molecular complexity index is 989. The predicted octanol–water partition coefficient (Wildman–Crippen LogP) is 3.14. The predicted molar refractivity (Wildman–Crippen MR) is 118 cm³/mol. The van der Waals surface area contributed by atoms with Gasteiger partial charge in [-0.1, -0.05) is 35.3 Å². The highest BCUT2D eigenvalue weighted by Crippen LogP contribution is 2.33. The Morgan fingerprint density at radius 1 is 1.10 bits per heavy atom. The topological polar surface area (TPSA) is 90.5 Å². The van der Waals surface area contributed by atoms with Gasteiger partial charge in [-0.05, 0) is 36.4 Å². The summed E-state index contributed by atoms with van der Waals surface area (Å²) >= 11 is 13.9. The number of halogens is 2. The molecule has 0 radical (unpaired) electrons. The van der Waals surface area contributed by atoms with E-state index in [0.29, 0.717) is 12.8 Å². The van der Waals surface area contributed by atoms with Crippen molar-refractivity contribution in [1.82, 2.24) is 20.5 Å². The number of piperidine rings is 1. The molecule has 2 aliphatic heterocycles. The van der Waals surface area contributed by atoms with Crippen molar-refractivity contribution in [2.75, 3.05) is 13.1 Å². The molecule has 0 saturated carbocycles. The largest absolute Gasteiger partial charge is 0.339 e. The quantitative estimate of drug-likeness (QED) is 0.601. The number of carbonyl (C=O) groups is 1. The minimum Gasteiger partial charge on any atom is -0.339 e. The van der Waals surface area contributed by atoms with Crippen molar-refractivity contribution in [3.63, 3.8) is 0 Å². The van der Waals surface area contributed by atoms with E-state index in [1.807, 2.05) is 11.4 Å². The Balaban J connectivity index is 1.33. The summed E-state index contributed by atoms with van der Waals surface area (Å²) in [5.74, 6) is -0.297. The molecule has 7 nitrogen and oxygen atoms in total. The van der Waals surface area contributed by atoms with E-state index in [0.717, 1.165) is 6.42 Å². The highest BCUT2D eigenvalue weighted by atomic mass is 35.5. The SMILES string of the molecule is O=C(NC1CC(c2cccs2)NN1)C1CCN(S(=O)(=O)c2c(Cl)cccc2Cl)CC1. The third-order valence-electron chi connectivity index (χ3n) is 5.45. The van der Waals surface area contributed by atoms with Gasteiger partial charge in [0.1, 0.15) is 4.90 Å². The lowest BCUT2D eigenvalue weighted by molar-refractivity contribution is -0.127. The number of carbonyl (C=O) groups excluding carboxylic acids is 1. The molecule has 4 rings (SSSR count). The second-order valence-corrected chi connectivity index (χ2v) is 11.1. The second kappa shape index (κ2) is 9.12. The van der Waals surface area contributed by atoms with Crippen LogP contribution < -0.4 is 16.2 Å². The van der Waals surface area contributed by atoms with Crippen LogP contribution in [0.15, 0.2) is 40.6 Å². The van der Waals surface area contributed by atoms with Crippen LogP contribution in [0.4, 0.5) is 0 Å². The maximum atomic E-state index is 13.0. The molecule has 1 amide bonds. The number of nitrogens with one attached hydrogen (secondary N) is 3. The normalized spacial score (nSPS) is 23.5. The van der Waals surface area contributed by atoms with Gasteiger partial charge in [0.15, 0.2) is 0 Å². The minimum absolute atomic E-state index is 0.0612. The van der Waals surface area contributed by atoms with Crippen molar-refractivity contribution in [2.24, 2.45) is 5.92 Å². The van der Waals surface area contributed by atoms with Gasteiger partial charge in [0, 0.05) is 30.3 Å². The molecule has 1 aromatic carbocycles. The maximum Gasteiger partial charge on any atom is 0.246 e. The number of rotatable bonds is 5. The van der Waals surface area contributed by atoms with Crippen molar-refractivity contribution in [1.29, 1.82) is 0 Å². The lowest BCUT2D eigenvalue weighted by atomic mass is 9.97. The van der Waals surface area contributed by atoms with Gasteiger partial charge in [0.25, 0.3) is 0 Å². The molecule has 2 atom stereocenters. The molecular formula is C19H22Cl2N4O3S2. The third kappa shape index (κ3) is 4.52. The molecule has 1 aromatic heterocycles. The number of sulfonamides is 1.